The van der Waals surface area contributed by atoms with Crippen LogP contribution >= 0.6 is 0 Å². The summed E-state index contributed by atoms with van der Waals surface area (Å²) in [7, 11) is 0. The second-order valence-corrected chi connectivity index (χ2v) is 3.55. The van der Waals surface area contributed by atoms with Crippen molar-refractivity contribution in [3.8, 4) is 0 Å². The van der Waals surface area contributed by atoms with Crippen LogP contribution in [0, 0.1) is 5.41 Å². The number of rotatable bonds is 6. The van der Waals surface area contributed by atoms with Gasteiger partial charge >= 0.3 is 5.97 Å². The van der Waals surface area contributed by atoms with Gasteiger partial charge in [0.05, 0.1) is 12.0 Å². The Balaban J connectivity index is 5.98. The molecule has 0 atom stereocenters. The minimum atomic E-state index is -2.28. The highest BCUT2D eigenvalue weighted by Gasteiger charge is 2.50. The molecule has 0 fully saturated rings. The van der Waals surface area contributed by atoms with Crippen molar-refractivity contribution in [2.45, 2.75) is 26.6 Å². The maximum absolute atomic E-state index is 11.8. The van der Waals surface area contributed by atoms with Crippen molar-refractivity contribution in [1.82, 2.24) is 0 Å². The molecule has 18 heavy (non-hydrogen) atoms. The van der Waals surface area contributed by atoms with Crippen LogP contribution in [0.5, 0.6) is 0 Å². The van der Waals surface area contributed by atoms with Gasteiger partial charge in [-0.3, -0.25) is 4.79 Å². The molecular formula is C7H11N9O2. The molecule has 0 unspecified atom stereocenters. The Bertz CT molecular complexity index is 420. The van der Waals surface area contributed by atoms with E-state index in [1.807, 2.05) is 0 Å². The van der Waals surface area contributed by atoms with Crippen molar-refractivity contribution < 1.29 is 9.53 Å². The van der Waals surface area contributed by atoms with Crippen LogP contribution in [-0.4, -0.2) is 18.4 Å². The van der Waals surface area contributed by atoms with Gasteiger partial charge in [-0.2, -0.15) is 0 Å². The number of azide groups is 1. The molecule has 0 saturated heterocycles. The number of carbonyl (C=O) groups is 1. The Morgan fingerprint density at radius 2 is 1.50 bits per heavy atom. The van der Waals surface area contributed by atoms with Crippen LogP contribution in [0.1, 0.15) is 20.8 Å². The third kappa shape index (κ3) is 2.74. The Labute approximate surface area is 102 Å². The van der Waals surface area contributed by atoms with Crippen LogP contribution in [0.2, 0.25) is 0 Å². The fourth-order valence-electron chi connectivity index (χ4n) is 1.07. The standard InChI is InChI=1S/C7H11N9O2/c1-4-18-5(17)6(2,3)7(11-14-8,12-15-9)13-16-10/h4H2,1-3H3. The van der Waals surface area contributed by atoms with Gasteiger partial charge in [-0.25, -0.2) is 0 Å². The first kappa shape index (κ1) is 15.4. The van der Waals surface area contributed by atoms with E-state index in [2.05, 4.69) is 30.1 Å². The molecule has 96 valence electrons. The summed E-state index contributed by atoms with van der Waals surface area (Å²) >= 11 is 0. The predicted molar refractivity (Wildman–Crippen MR) is 60.6 cm³/mol. The Morgan fingerprint density at radius 1 is 1.11 bits per heavy atom. The molecule has 0 aliphatic heterocycles. The summed E-state index contributed by atoms with van der Waals surface area (Å²) in [4.78, 5) is 19.1. The highest BCUT2D eigenvalue weighted by Crippen LogP contribution is 2.39. The van der Waals surface area contributed by atoms with Gasteiger partial charge in [0, 0.05) is 14.7 Å². The topological polar surface area (TPSA) is 173 Å². The minimum Gasteiger partial charge on any atom is -0.466 e. The van der Waals surface area contributed by atoms with Crippen molar-refractivity contribution in [2.24, 2.45) is 20.8 Å². The van der Waals surface area contributed by atoms with Crippen molar-refractivity contribution >= 4 is 5.97 Å². The smallest absolute Gasteiger partial charge is 0.312 e. The quantitative estimate of drug-likeness (QED) is 0.306. The zero-order chi connectivity index (χ0) is 14.2. The van der Waals surface area contributed by atoms with Crippen LogP contribution in [0.15, 0.2) is 15.3 Å². The van der Waals surface area contributed by atoms with Gasteiger partial charge in [-0.15, -0.1) is 0 Å². The Hall–Kier alpha value is -2.60. The van der Waals surface area contributed by atoms with Crippen molar-refractivity contribution in [2.75, 3.05) is 6.61 Å². The number of carbonyl (C=O) groups excluding carboxylic acids is 1. The van der Waals surface area contributed by atoms with E-state index in [4.69, 9.17) is 21.3 Å². The fraction of sp³-hybridized carbons (Fsp3) is 0.857. The molecular weight excluding hydrogens is 242 g/mol. The van der Waals surface area contributed by atoms with E-state index < -0.39 is 17.2 Å². The average Bonchev–Trinajstić information content (AvgIpc) is 2.30. The van der Waals surface area contributed by atoms with E-state index in [-0.39, 0.29) is 6.61 Å². The van der Waals surface area contributed by atoms with Gasteiger partial charge in [-0.1, -0.05) is 15.3 Å². The van der Waals surface area contributed by atoms with Crippen molar-refractivity contribution in [1.29, 1.82) is 0 Å². The maximum Gasteiger partial charge on any atom is 0.312 e. The first-order chi connectivity index (χ1) is 8.41. The third-order valence-electron chi connectivity index (χ3n) is 2.18. The zero-order valence-corrected chi connectivity index (χ0v) is 10.0. The molecule has 0 radical (unpaired) electrons. The first-order valence-electron chi connectivity index (χ1n) is 4.77. The fourth-order valence-corrected chi connectivity index (χ4v) is 1.07. The second kappa shape index (κ2) is 6.21. The number of nitrogens with zero attached hydrogens (tertiary/aromatic N) is 9. The summed E-state index contributed by atoms with van der Waals surface area (Å²) in [6.07, 6.45) is 0. The number of hydrogen-bond donors (Lipinski definition) is 0. The molecule has 0 saturated carbocycles. The molecule has 11 heteroatoms. The lowest BCUT2D eigenvalue weighted by Gasteiger charge is -2.33. The highest BCUT2D eigenvalue weighted by atomic mass is 16.5. The lowest BCUT2D eigenvalue weighted by Crippen LogP contribution is -2.45. The highest BCUT2D eigenvalue weighted by molar-refractivity contribution is 5.77. The van der Waals surface area contributed by atoms with Gasteiger partial charge < -0.3 is 4.74 Å². The molecule has 0 heterocycles. The summed E-state index contributed by atoms with van der Waals surface area (Å²) in [5, 5.41) is 9.45. The predicted octanol–water partition coefficient (Wildman–Crippen LogP) is 3.16. The average molecular weight is 253 g/mol. The van der Waals surface area contributed by atoms with Gasteiger partial charge in [0.25, 0.3) is 0 Å². The molecule has 0 aromatic carbocycles. The van der Waals surface area contributed by atoms with Gasteiger partial charge in [0.2, 0.25) is 5.79 Å². The van der Waals surface area contributed by atoms with E-state index in [9.17, 15) is 4.79 Å². The van der Waals surface area contributed by atoms with E-state index in [1.54, 1.807) is 6.92 Å². The van der Waals surface area contributed by atoms with Crippen molar-refractivity contribution in [3.05, 3.63) is 31.3 Å². The normalized spacial score (nSPS) is 13.1. The summed E-state index contributed by atoms with van der Waals surface area (Å²) in [6, 6.07) is 0. The molecule has 0 amide bonds. The summed E-state index contributed by atoms with van der Waals surface area (Å²) in [6.45, 7) is 4.21. The lowest BCUT2D eigenvalue weighted by atomic mass is 9.85. The molecule has 0 aliphatic rings. The maximum atomic E-state index is 11.8. The molecule has 11 nitrogen and oxygen atoms in total. The summed E-state index contributed by atoms with van der Waals surface area (Å²) in [5.41, 5.74) is 23.8. The molecule has 0 rings (SSSR count). The third-order valence-corrected chi connectivity index (χ3v) is 2.18. The van der Waals surface area contributed by atoms with Crippen LogP contribution < -0.4 is 0 Å². The van der Waals surface area contributed by atoms with Crippen molar-refractivity contribution in [3.63, 3.8) is 0 Å². The van der Waals surface area contributed by atoms with Crippen LogP contribution in [0.3, 0.4) is 0 Å². The van der Waals surface area contributed by atoms with E-state index >= 15 is 0 Å². The van der Waals surface area contributed by atoms with Gasteiger partial charge in [0.1, 0.15) is 0 Å². The monoisotopic (exact) mass is 253 g/mol. The number of ether oxygens (including phenoxy) is 1. The van der Waals surface area contributed by atoms with Gasteiger partial charge in [0.15, 0.2) is 0 Å². The largest absolute Gasteiger partial charge is 0.466 e. The molecule has 0 aromatic heterocycles. The Kier molecular flexibility index (Phi) is 5.32. The van der Waals surface area contributed by atoms with E-state index in [1.165, 1.54) is 13.8 Å². The summed E-state index contributed by atoms with van der Waals surface area (Å²) in [5.74, 6) is -3.10. The lowest BCUT2D eigenvalue weighted by molar-refractivity contribution is -0.157. The molecule has 0 N–H and O–H groups in total. The molecule has 0 aliphatic carbocycles. The molecule has 0 aromatic rings. The first-order valence-corrected chi connectivity index (χ1v) is 4.77. The molecule has 0 spiro atoms. The Morgan fingerprint density at radius 3 is 1.78 bits per heavy atom. The van der Waals surface area contributed by atoms with E-state index in [0.717, 1.165) is 0 Å². The van der Waals surface area contributed by atoms with E-state index in [0.29, 0.717) is 0 Å². The zero-order valence-electron chi connectivity index (χ0n) is 10.0. The SMILES string of the molecule is CCOC(=O)C(C)(C)C(N=[N+]=[N-])(N=[N+]=[N-])N=[N+]=[N-]. The van der Waals surface area contributed by atoms with Crippen LogP contribution in [0.4, 0.5) is 0 Å². The molecule has 0 bridgehead atoms. The van der Waals surface area contributed by atoms with Gasteiger partial charge in [-0.05, 0) is 37.4 Å². The number of esters is 1. The van der Waals surface area contributed by atoms with Crippen LogP contribution in [0.25, 0.3) is 31.3 Å². The second-order valence-electron chi connectivity index (χ2n) is 3.55. The summed E-state index contributed by atoms with van der Waals surface area (Å²) < 4.78 is 4.76. The number of hydrogen-bond acceptors (Lipinski definition) is 5. The van der Waals surface area contributed by atoms with Crippen LogP contribution in [-0.2, 0) is 9.53 Å². The minimum absolute atomic E-state index is 0.0706.